The Morgan fingerprint density at radius 2 is 1.96 bits per heavy atom. The van der Waals surface area contributed by atoms with Crippen LogP contribution in [0.2, 0.25) is 0 Å². The Balaban J connectivity index is 2.25. The van der Waals surface area contributed by atoms with Gasteiger partial charge in [-0.2, -0.15) is 0 Å². The van der Waals surface area contributed by atoms with Crippen molar-refractivity contribution in [1.82, 2.24) is 10.4 Å². The van der Waals surface area contributed by atoms with Crippen molar-refractivity contribution in [2.75, 3.05) is 18.9 Å². The van der Waals surface area contributed by atoms with E-state index in [1.165, 1.54) is 5.01 Å². The molecule has 0 saturated heterocycles. The van der Waals surface area contributed by atoms with Gasteiger partial charge in [0.05, 0.1) is 19.3 Å². The van der Waals surface area contributed by atoms with Crippen molar-refractivity contribution in [3.8, 4) is 0 Å². The summed E-state index contributed by atoms with van der Waals surface area (Å²) >= 11 is 0. The van der Waals surface area contributed by atoms with Gasteiger partial charge in [0.25, 0.3) is 0 Å². The maximum absolute atomic E-state index is 12.3. The number of benzene rings is 1. The van der Waals surface area contributed by atoms with E-state index in [0.717, 1.165) is 5.56 Å². The van der Waals surface area contributed by atoms with Crippen LogP contribution in [0.25, 0.3) is 0 Å². The van der Waals surface area contributed by atoms with Crippen molar-refractivity contribution in [2.24, 2.45) is 0 Å². The highest BCUT2D eigenvalue weighted by atomic mass is 16.6. The number of nitrogens with one attached hydrogen (secondary N) is 1. The minimum atomic E-state index is -0.697. The third-order valence-corrected chi connectivity index (χ3v) is 3.77. The molecule has 0 radical (unpaired) electrons. The lowest BCUT2D eigenvalue weighted by atomic mass is 9.93. The van der Waals surface area contributed by atoms with Gasteiger partial charge in [-0.05, 0) is 31.9 Å². The second-order valence-electron chi connectivity index (χ2n) is 5.29. The van der Waals surface area contributed by atoms with Crippen molar-refractivity contribution in [2.45, 2.75) is 32.2 Å². The van der Waals surface area contributed by atoms with E-state index in [9.17, 15) is 9.59 Å². The van der Waals surface area contributed by atoms with Gasteiger partial charge >= 0.3 is 12.2 Å². The molecule has 2 rings (SSSR count). The zero-order valence-electron chi connectivity index (χ0n) is 13.9. The van der Waals surface area contributed by atoms with Crippen LogP contribution in [0.3, 0.4) is 0 Å². The van der Waals surface area contributed by atoms with E-state index in [-0.39, 0.29) is 25.2 Å². The second kappa shape index (κ2) is 8.24. The van der Waals surface area contributed by atoms with Gasteiger partial charge in [0.2, 0.25) is 0 Å². The number of hydrogen-bond donors (Lipinski definition) is 2. The molecule has 0 fully saturated rings. The van der Waals surface area contributed by atoms with Gasteiger partial charge < -0.3 is 15.2 Å². The highest BCUT2D eigenvalue weighted by Crippen LogP contribution is 2.35. The van der Waals surface area contributed by atoms with Crippen LogP contribution < -0.4 is 11.2 Å². The number of carbonyl (C=O) groups excluding carboxylic acids is 2. The summed E-state index contributed by atoms with van der Waals surface area (Å²) in [5.41, 5.74) is 10.1. The van der Waals surface area contributed by atoms with Crippen LogP contribution in [0.4, 0.5) is 15.3 Å². The molecule has 0 aliphatic heterocycles. The summed E-state index contributed by atoms with van der Waals surface area (Å²) in [6, 6.07) is 7.13. The molecule has 1 aliphatic rings. The molecular formula is C17H23N3O4. The van der Waals surface area contributed by atoms with Gasteiger partial charge in [0.15, 0.2) is 0 Å². The number of anilines is 1. The molecule has 130 valence electrons. The zero-order valence-corrected chi connectivity index (χ0v) is 13.9. The van der Waals surface area contributed by atoms with Crippen LogP contribution in [0, 0.1) is 0 Å². The van der Waals surface area contributed by atoms with E-state index in [1.807, 2.05) is 36.4 Å². The lowest BCUT2D eigenvalue weighted by Crippen LogP contribution is -2.53. The minimum absolute atomic E-state index is 0.141. The Labute approximate surface area is 141 Å². The number of hydrazine groups is 1. The van der Waals surface area contributed by atoms with Gasteiger partial charge in [-0.25, -0.2) is 20.0 Å². The van der Waals surface area contributed by atoms with Crippen LogP contribution >= 0.6 is 0 Å². The molecule has 2 amide bonds. The fourth-order valence-corrected chi connectivity index (χ4v) is 2.75. The molecule has 1 aromatic rings. The number of rotatable bonds is 4. The van der Waals surface area contributed by atoms with Gasteiger partial charge in [0.1, 0.15) is 0 Å². The number of ether oxygens (including phenoxy) is 2. The van der Waals surface area contributed by atoms with E-state index in [0.29, 0.717) is 12.1 Å². The van der Waals surface area contributed by atoms with E-state index in [2.05, 4.69) is 5.43 Å². The van der Waals surface area contributed by atoms with Crippen LogP contribution in [0.15, 0.2) is 36.4 Å². The Bertz CT molecular complexity index is 618. The maximum atomic E-state index is 12.3. The van der Waals surface area contributed by atoms with Crippen LogP contribution in [-0.2, 0) is 9.47 Å². The van der Waals surface area contributed by atoms with Crippen molar-refractivity contribution < 1.29 is 19.1 Å². The number of hydrogen-bond acceptors (Lipinski definition) is 5. The maximum Gasteiger partial charge on any atom is 0.429 e. The summed E-state index contributed by atoms with van der Waals surface area (Å²) in [6.45, 7) is 3.82. The normalized spacial score (nSPS) is 18.9. The molecule has 7 nitrogen and oxygen atoms in total. The molecule has 0 heterocycles. The first-order valence-corrected chi connectivity index (χ1v) is 7.98. The highest BCUT2D eigenvalue weighted by Gasteiger charge is 2.36. The van der Waals surface area contributed by atoms with E-state index >= 15 is 0 Å². The topological polar surface area (TPSA) is 93.9 Å². The van der Waals surface area contributed by atoms with E-state index < -0.39 is 12.2 Å². The molecule has 0 bridgehead atoms. The number of amides is 2. The van der Waals surface area contributed by atoms with Gasteiger partial charge in [-0.3, -0.25) is 0 Å². The summed E-state index contributed by atoms with van der Waals surface area (Å²) in [7, 11) is 0. The number of carbonyl (C=O) groups is 2. The summed E-state index contributed by atoms with van der Waals surface area (Å²) in [6.07, 6.45) is 3.19. The number of para-hydroxylation sites is 1. The minimum Gasteiger partial charge on any atom is -0.449 e. The molecule has 7 heteroatoms. The van der Waals surface area contributed by atoms with Crippen molar-refractivity contribution in [1.29, 1.82) is 0 Å². The Hall–Kier alpha value is -2.70. The summed E-state index contributed by atoms with van der Waals surface area (Å²) in [5, 5.41) is 1.19. The first-order valence-electron chi connectivity index (χ1n) is 7.98. The molecule has 2 atom stereocenters. The number of nitrogens with zero attached hydrogens (tertiary/aromatic N) is 1. The lowest BCUT2D eigenvalue weighted by Gasteiger charge is -2.32. The molecule has 1 aliphatic carbocycles. The molecule has 0 unspecified atom stereocenters. The Morgan fingerprint density at radius 1 is 1.25 bits per heavy atom. The predicted molar refractivity (Wildman–Crippen MR) is 90.2 cm³/mol. The lowest BCUT2D eigenvalue weighted by molar-refractivity contribution is 0.0541. The molecule has 24 heavy (non-hydrogen) atoms. The third-order valence-electron chi connectivity index (χ3n) is 3.77. The monoisotopic (exact) mass is 333 g/mol. The second-order valence-corrected chi connectivity index (χ2v) is 5.29. The molecule has 0 aromatic heterocycles. The van der Waals surface area contributed by atoms with Gasteiger partial charge in [0, 0.05) is 11.6 Å². The fourth-order valence-electron chi connectivity index (χ4n) is 2.75. The fraction of sp³-hybridized carbons (Fsp3) is 0.412. The summed E-state index contributed by atoms with van der Waals surface area (Å²) < 4.78 is 9.95. The van der Waals surface area contributed by atoms with E-state index in [1.54, 1.807) is 13.8 Å². The van der Waals surface area contributed by atoms with Gasteiger partial charge in [-0.1, -0.05) is 30.4 Å². The van der Waals surface area contributed by atoms with Crippen molar-refractivity contribution in [3.63, 3.8) is 0 Å². The molecule has 1 aromatic carbocycles. The van der Waals surface area contributed by atoms with Gasteiger partial charge in [-0.15, -0.1) is 0 Å². The molecule has 3 N–H and O–H groups in total. The quantitative estimate of drug-likeness (QED) is 0.502. The smallest absolute Gasteiger partial charge is 0.429 e. The largest absolute Gasteiger partial charge is 0.449 e. The average molecular weight is 333 g/mol. The third kappa shape index (κ3) is 3.98. The van der Waals surface area contributed by atoms with Crippen LogP contribution in [0.1, 0.15) is 31.7 Å². The Kier molecular flexibility index (Phi) is 6.06. The Morgan fingerprint density at radius 3 is 2.62 bits per heavy atom. The zero-order chi connectivity index (χ0) is 17.5. The highest BCUT2D eigenvalue weighted by molar-refractivity contribution is 5.74. The van der Waals surface area contributed by atoms with Crippen LogP contribution in [0.5, 0.6) is 0 Å². The average Bonchev–Trinajstić information content (AvgIpc) is 3.02. The van der Waals surface area contributed by atoms with Crippen LogP contribution in [-0.4, -0.2) is 36.5 Å². The molecule has 0 saturated carbocycles. The SMILES string of the molecule is CCOC(=O)NN(C(=O)OCC)[C@@H]1CC=C[C@H]1c1ccccc1N. The molecule has 0 spiro atoms. The van der Waals surface area contributed by atoms with Crippen molar-refractivity contribution in [3.05, 3.63) is 42.0 Å². The first kappa shape index (κ1) is 17.7. The van der Waals surface area contributed by atoms with Crippen molar-refractivity contribution >= 4 is 17.9 Å². The standard InChI is InChI=1S/C17H23N3O4/c1-3-23-16(21)19-20(17(22)24-4-2)15-11-7-9-13(15)12-8-5-6-10-14(12)18/h5-10,13,15H,3-4,11,18H2,1-2H3,(H,19,21)/t13-,15+/m0/s1. The van der Waals surface area contributed by atoms with E-state index in [4.69, 9.17) is 15.2 Å². The molecular weight excluding hydrogens is 310 g/mol. The summed E-state index contributed by atoms with van der Waals surface area (Å²) in [4.78, 5) is 24.1. The predicted octanol–water partition coefficient (Wildman–Crippen LogP) is 2.80. The number of nitrogen functional groups attached to an aromatic ring is 1. The summed E-state index contributed by atoms with van der Waals surface area (Å²) in [5.74, 6) is -0.141. The number of nitrogens with two attached hydrogens (primary N) is 1. The first-order chi connectivity index (χ1) is 11.6.